The fraction of sp³-hybridized carbons (Fsp3) is 0.471. The molecule has 0 aromatic heterocycles. The fourth-order valence-corrected chi connectivity index (χ4v) is 3.60. The number of carbonyl (C=O) groups is 3. The Kier molecular flexibility index (Phi) is 4.20. The third kappa shape index (κ3) is 2.81. The number of ketones is 3. The third-order valence-electron chi connectivity index (χ3n) is 4.42. The average Bonchev–Trinajstić information content (AvgIpc) is 2.36. The second-order valence-corrected chi connectivity index (χ2v) is 6.29. The molecule has 1 aromatic rings. The zero-order valence-electron chi connectivity index (χ0n) is 12.9. The number of phenols is 1. The molecule has 5 heteroatoms. The molecule has 1 aromatic carbocycles. The molecule has 4 atom stereocenters. The van der Waals surface area contributed by atoms with Crippen molar-refractivity contribution >= 4 is 17.3 Å². The zero-order chi connectivity index (χ0) is 16.7. The predicted molar refractivity (Wildman–Crippen MR) is 79.4 cm³/mol. The van der Waals surface area contributed by atoms with Crippen LogP contribution >= 0.6 is 0 Å². The molecule has 2 N–H and O–H groups in total. The van der Waals surface area contributed by atoms with Crippen LogP contribution in [-0.2, 0) is 14.4 Å². The molecule has 0 radical (unpaired) electrons. The van der Waals surface area contributed by atoms with Gasteiger partial charge in [0.1, 0.15) is 23.1 Å². The molecule has 0 saturated heterocycles. The summed E-state index contributed by atoms with van der Waals surface area (Å²) in [6.45, 7) is 4.15. The van der Waals surface area contributed by atoms with Gasteiger partial charge in [0.15, 0.2) is 0 Å². The largest absolute Gasteiger partial charge is 0.508 e. The van der Waals surface area contributed by atoms with Crippen molar-refractivity contribution in [1.29, 1.82) is 0 Å². The molecule has 2 rings (SSSR count). The summed E-state index contributed by atoms with van der Waals surface area (Å²) in [5, 5.41) is 20.0. The SMILES string of the molecule is CC(=O)C1C(=O)CC(C)(O)C(C(C)=O)C1c1ccc(O)cc1. The lowest BCUT2D eigenvalue weighted by Crippen LogP contribution is -2.53. The van der Waals surface area contributed by atoms with E-state index in [0.29, 0.717) is 5.56 Å². The molecule has 118 valence electrons. The summed E-state index contributed by atoms with van der Waals surface area (Å²) in [5.41, 5.74) is -0.899. The van der Waals surface area contributed by atoms with E-state index in [1.165, 1.54) is 32.9 Å². The molecule has 0 aliphatic heterocycles. The first kappa shape index (κ1) is 16.4. The van der Waals surface area contributed by atoms with Gasteiger partial charge in [-0.15, -0.1) is 0 Å². The maximum absolute atomic E-state index is 12.3. The summed E-state index contributed by atoms with van der Waals surface area (Å²) < 4.78 is 0. The first-order valence-corrected chi connectivity index (χ1v) is 7.20. The Bertz CT molecular complexity index is 614. The molecular weight excluding hydrogens is 284 g/mol. The van der Waals surface area contributed by atoms with E-state index in [1.54, 1.807) is 12.1 Å². The van der Waals surface area contributed by atoms with Crippen molar-refractivity contribution in [1.82, 2.24) is 0 Å². The second kappa shape index (κ2) is 5.65. The number of Topliss-reactive ketones (excluding diaryl/α,β-unsaturated/α-hetero) is 3. The van der Waals surface area contributed by atoms with E-state index in [0.717, 1.165) is 0 Å². The van der Waals surface area contributed by atoms with E-state index in [4.69, 9.17) is 0 Å². The molecule has 0 spiro atoms. The molecular formula is C17H20O5. The van der Waals surface area contributed by atoms with Crippen molar-refractivity contribution < 1.29 is 24.6 Å². The van der Waals surface area contributed by atoms with Gasteiger partial charge in [-0.2, -0.15) is 0 Å². The topological polar surface area (TPSA) is 91.7 Å². The van der Waals surface area contributed by atoms with Crippen molar-refractivity contribution in [2.24, 2.45) is 11.8 Å². The minimum atomic E-state index is -1.49. The van der Waals surface area contributed by atoms with Crippen LogP contribution in [0, 0.1) is 11.8 Å². The fourth-order valence-electron chi connectivity index (χ4n) is 3.60. The van der Waals surface area contributed by atoms with Gasteiger partial charge in [-0.05, 0) is 38.5 Å². The molecule has 1 saturated carbocycles. The maximum atomic E-state index is 12.3. The summed E-state index contributed by atoms with van der Waals surface area (Å²) in [6, 6.07) is 6.05. The highest BCUT2D eigenvalue weighted by atomic mass is 16.3. The van der Waals surface area contributed by atoms with Crippen LogP contribution in [-0.4, -0.2) is 33.2 Å². The number of rotatable bonds is 3. The lowest BCUT2D eigenvalue weighted by Gasteiger charge is -2.44. The Morgan fingerprint density at radius 1 is 1.14 bits per heavy atom. The Hall–Kier alpha value is -2.01. The lowest BCUT2D eigenvalue weighted by atomic mass is 9.60. The minimum Gasteiger partial charge on any atom is -0.508 e. The van der Waals surface area contributed by atoms with E-state index >= 15 is 0 Å². The monoisotopic (exact) mass is 304 g/mol. The van der Waals surface area contributed by atoms with Crippen LogP contribution < -0.4 is 0 Å². The second-order valence-electron chi connectivity index (χ2n) is 6.29. The van der Waals surface area contributed by atoms with Gasteiger partial charge in [0.05, 0.1) is 17.4 Å². The number of carbonyl (C=O) groups excluding carboxylic acids is 3. The Morgan fingerprint density at radius 2 is 1.68 bits per heavy atom. The molecule has 1 fully saturated rings. The molecule has 1 aliphatic carbocycles. The van der Waals surface area contributed by atoms with Gasteiger partial charge in [-0.25, -0.2) is 0 Å². The number of hydrogen-bond donors (Lipinski definition) is 2. The number of aliphatic hydroxyl groups is 1. The third-order valence-corrected chi connectivity index (χ3v) is 4.42. The quantitative estimate of drug-likeness (QED) is 0.828. The highest BCUT2D eigenvalue weighted by Gasteiger charge is 2.53. The number of hydrogen-bond acceptors (Lipinski definition) is 5. The van der Waals surface area contributed by atoms with Crippen molar-refractivity contribution in [2.45, 2.75) is 38.7 Å². The summed E-state index contributed by atoms with van der Waals surface area (Å²) in [6.07, 6.45) is -0.212. The van der Waals surface area contributed by atoms with E-state index < -0.39 is 23.4 Å². The van der Waals surface area contributed by atoms with Gasteiger partial charge in [0.2, 0.25) is 0 Å². The zero-order valence-corrected chi connectivity index (χ0v) is 12.9. The van der Waals surface area contributed by atoms with Crippen molar-refractivity contribution in [2.75, 3.05) is 0 Å². The van der Waals surface area contributed by atoms with Crippen LogP contribution in [0.15, 0.2) is 24.3 Å². The van der Waals surface area contributed by atoms with Gasteiger partial charge < -0.3 is 10.2 Å². The van der Waals surface area contributed by atoms with Crippen LogP contribution in [0.2, 0.25) is 0 Å². The summed E-state index contributed by atoms with van der Waals surface area (Å²) in [7, 11) is 0. The number of phenolic OH excluding ortho intramolecular Hbond substituents is 1. The first-order valence-electron chi connectivity index (χ1n) is 7.20. The van der Waals surface area contributed by atoms with Crippen LogP contribution in [0.3, 0.4) is 0 Å². The molecule has 0 bridgehead atoms. The molecule has 5 nitrogen and oxygen atoms in total. The molecule has 0 heterocycles. The van der Waals surface area contributed by atoms with Gasteiger partial charge in [0.25, 0.3) is 0 Å². The van der Waals surface area contributed by atoms with E-state index in [9.17, 15) is 24.6 Å². The Labute approximate surface area is 129 Å². The Balaban J connectivity index is 2.61. The highest BCUT2D eigenvalue weighted by molar-refractivity contribution is 6.05. The normalized spacial score (nSPS) is 31.8. The molecule has 22 heavy (non-hydrogen) atoms. The van der Waals surface area contributed by atoms with Gasteiger partial charge in [0, 0.05) is 12.3 Å². The van der Waals surface area contributed by atoms with Crippen LogP contribution in [0.5, 0.6) is 5.75 Å². The summed E-state index contributed by atoms with van der Waals surface area (Å²) in [5.74, 6) is -3.38. The molecule has 4 unspecified atom stereocenters. The number of benzene rings is 1. The van der Waals surface area contributed by atoms with Gasteiger partial charge in [-0.3, -0.25) is 14.4 Å². The van der Waals surface area contributed by atoms with Crippen LogP contribution in [0.4, 0.5) is 0 Å². The summed E-state index contributed by atoms with van der Waals surface area (Å²) >= 11 is 0. The lowest BCUT2D eigenvalue weighted by molar-refractivity contribution is -0.151. The minimum absolute atomic E-state index is 0.0522. The molecule has 1 aliphatic rings. The summed E-state index contributed by atoms with van der Waals surface area (Å²) in [4.78, 5) is 36.4. The van der Waals surface area contributed by atoms with Gasteiger partial charge in [-0.1, -0.05) is 12.1 Å². The average molecular weight is 304 g/mol. The van der Waals surface area contributed by atoms with Crippen molar-refractivity contribution in [3.8, 4) is 5.75 Å². The Morgan fingerprint density at radius 3 is 2.14 bits per heavy atom. The smallest absolute Gasteiger partial charge is 0.146 e. The van der Waals surface area contributed by atoms with E-state index in [-0.39, 0.29) is 29.5 Å². The standard InChI is InChI=1S/C17H20O5/c1-9(18)14-13(21)8-17(3,22)16(10(2)19)15(14)11-4-6-12(20)7-5-11/h4-7,14-16,20,22H,8H2,1-3H3. The van der Waals surface area contributed by atoms with Crippen LogP contribution in [0.1, 0.15) is 38.7 Å². The van der Waals surface area contributed by atoms with Crippen LogP contribution in [0.25, 0.3) is 0 Å². The van der Waals surface area contributed by atoms with E-state index in [1.807, 2.05) is 0 Å². The van der Waals surface area contributed by atoms with E-state index in [2.05, 4.69) is 0 Å². The molecule has 0 amide bonds. The van der Waals surface area contributed by atoms with Crippen molar-refractivity contribution in [3.63, 3.8) is 0 Å². The van der Waals surface area contributed by atoms with Crippen molar-refractivity contribution in [3.05, 3.63) is 29.8 Å². The predicted octanol–water partition coefficient (Wildman–Crippen LogP) is 1.61. The number of aromatic hydroxyl groups is 1. The maximum Gasteiger partial charge on any atom is 0.146 e. The highest BCUT2D eigenvalue weighted by Crippen LogP contribution is 2.46. The van der Waals surface area contributed by atoms with Gasteiger partial charge >= 0.3 is 0 Å². The first-order chi connectivity index (χ1) is 10.1.